The number of allylic oxidation sites excluding steroid dienone is 30. The van der Waals surface area contributed by atoms with Crippen LogP contribution in [0.3, 0.4) is 0 Å². The molecule has 0 aromatic heterocycles. The van der Waals surface area contributed by atoms with E-state index in [1.165, 1.54) is 25.7 Å². The van der Waals surface area contributed by atoms with Gasteiger partial charge in [0.2, 0.25) is 0 Å². The maximum Gasteiger partial charge on any atom is 0.306 e. The Morgan fingerprint density at radius 3 is 0.867 bits per heavy atom. The zero-order valence-electron chi connectivity index (χ0n) is 47.5. The summed E-state index contributed by atoms with van der Waals surface area (Å²) in [4.78, 5) is 38.2. The largest absolute Gasteiger partial charge is 0.462 e. The van der Waals surface area contributed by atoms with E-state index in [2.05, 4.69) is 191 Å². The van der Waals surface area contributed by atoms with Crippen LogP contribution in [0.15, 0.2) is 182 Å². The second-order valence-corrected chi connectivity index (χ2v) is 18.4. The lowest BCUT2D eigenvalue weighted by molar-refractivity contribution is -0.166. The Morgan fingerprint density at radius 1 is 0.280 bits per heavy atom. The molecule has 0 fully saturated rings. The van der Waals surface area contributed by atoms with Crippen molar-refractivity contribution in [1.82, 2.24) is 0 Å². The van der Waals surface area contributed by atoms with Crippen LogP contribution < -0.4 is 0 Å². The second-order valence-electron chi connectivity index (χ2n) is 18.4. The zero-order chi connectivity index (χ0) is 54.3. The molecule has 0 aliphatic carbocycles. The Labute approximate surface area is 459 Å². The van der Waals surface area contributed by atoms with Gasteiger partial charge in [-0.05, 0) is 148 Å². The van der Waals surface area contributed by atoms with Gasteiger partial charge >= 0.3 is 17.9 Å². The Balaban J connectivity index is 4.67. The molecule has 0 rings (SSSR count). The Morgan fingerprint density at radius 2 is 0.547 bits per heavy atom. The molecular weight excluding hydrogens is 925 g/mol. The van der Waals surface area contributed by atoms with E-state index in [4.69, 9.17) is 14.2 Å². The van der Waals surface area contributed by atoms with Crippen molar-refractivity contribution in [2.75, 3.05) is 13.2 Å². The van der Waals surface area contributed by atoms with Crippen LogP contribution in [0.2, 0.25) is 0 Å². The Kier molecular flexibility index (Phi) is 56.6. The van der Waals surface area contributed by atoms with Crippen LogP contribution in [0.25, 0.3) is 0 Å². The van der Waals surface area contributed by atoms with Gasteiger partial charge < -0.3 is 14.2 Å². The van der Waals surface area contributed by atoms with Crippen molar-refractivity contribution in [2.45, 2.75) is 219 Å². The fourth-order valence-electron chi connectivity index (χ4n) is 7.06. The fraction of sp³-hybridized carbons (Fsp3) is 0.522. The molecule has 75 heavy (non-hydrogen) atoms. The molecule has 6 nitrogen and oxygen atoms in total. The first-order valence-corrected chi connectivity index (χ1v) is 29.3. The van der Waals surface area contributed by atoms with Gasteiger partial charge in [-0.1, -0.05) is 229 Å². The number of carbonyl (C=O) groups is 3. The van der Waals surface area contributed by atoms with E-state index in [0.717, 1.165) is 135 Å². The van der Waals surface area contributed by atoms with Gasteiger partial charge in [0.05, 0.1) is 0 Å². The minimum Gasteiger partial charge on any atom is -0.462 e. The van der Waals surface area contributed by atoms with Crippen LogP contribution in [0.1, 0.15) is 213 Å². The SMILES string of the molecule is CC/C=C\C/C=C\C/C=C\C/C=C\C/C=C\C/C=C\CCC(=O)OC[C@H](COC(=O)CCCCC/C=C\C/C=C\C/C=C\C/C=C\CCCCC)OC(=O)CCCCC/C=C\C/C=C\C/C=C\C/C=C\C/C=C\CC. The maximum absolute atomic E-state index is 12.9. The summed E-state index contributed by atoms with van der Waals surface area (Å²) in [6.07, 6.45) is 91.7. The number of hydrogen-bond acceptors (Lipinski definition) is 6. The molecule has 0 aromatic carbocycles. The van der Waals surface area contributed by atoms with Gasteiger partial charge in [-0.3, -0.25) is 14.4 Å². The summed E-state index contributed by atoms with van der Waals surface area (Å²) in [6.45, 7) is 6.24. The molecule has 0 amide bonds. The van der Waals surface area contributed by atoms with Gasteiger partial charge in [0.15, 0.2) is 6.10 Å². The average Bonchev–Trinajstić information content (AvgIpc) is 3.41. The summed E-state index contributed by atoms with van der Waals surface area (Å²) in [7, 11) is 0. The molecule has 0 spiro atoms. The van der Waals surface area contributed by atoms with Crippen molar-refractivity contribution in [2.24, 2.45) is 0 Å². The molecule has 0 radical (unpaired) electrons. The second kappa shape index (κ2) is 61.1. The molecule has 1 atom stereocenters. The highest BCUT2D eigenvalue weighted by atomic mass is 16.6. The van der Waals surface area contributed by atoms with E-state index in [1.54, 1.807) is 0 Å². The van der Waals surface area contributed by atoms with Crippen LogP contribution >= 0.6 is 0 Å². The van der Waals surface area contributed by atoms with Gasteiger partial charge in [-0.2, -0.15) is 0 Å². The molecule has 0 aliphatic heterocycles. The molecular formula is C69H104O6. The normalized spacial score (nSPS) is 13.5. The quantitative estimate of drug-likeness (QED) is 0.0261. The third kappa shape index (κ3) is 59.3. The predicted molar refractivity (Wildman–Crippen MR) is 324 cm³/mol. The van der Waals surface area contributed by atoms with E-state index in [0.29, 0.717) is 19.3 Å². The molecule has 0 saturated carbocycles. The van der Waals surface area contributed by atoms with Gasteiger partial charge in [-0.25, -0.2) is 0 Å². The van der Waals surface area contributed by atoms with Crippen LogP contribution in [0.4, 0.5) is 0 Å². The third-order valence-electron chi connectivity index (χ3n) is 11.4. The molecule has 416 valence electrons. The number of unbranched alkanes of at least 4 members (excludes halogenated alkanes) is 9. The van der Waals surface area contributed by atoms with Gasteiger partial charge in [0.1, 0.15) is 13.2 Å². The summed E-state index contributed by atoms with van der Waals surface area (Å²) in [5.41, 5.74) is 0. The van der Waals surface area contributed by atoms with Crippen molar-refractivity contribution in [3.8, 4) is 0 Å². The highest BCUT2D eigenvalue weighted by Gasteiger charge is 2.19. The molecule has 0 bridgehead atoms. The van der Waals surface area contributed by atoms with Crippen LogP contribution in [0, 0.1) is 0 Å². The lowest BCUT2D eigenvalue weighted by atomic mass is 10.1. The van der Waals surface area contributed by atoms with Crippen LogP contribution in [0.5, 0.6) is 0 Å². The molecule has 0 heterocycles. The van der Waals surface area contributed by atoms with Crippen molar-refractivity contribution in [3.63, 3.8) is 0 Å². The molecule has 0 aliphatic rings. The maximum atomic E-state index is 12.9. The number of carbonyl (C=O) groups excluding carboxylic acids is 3. The standard InChI is InChI=1S/C69H104O6/c1-4-7-10-13-16-19-22-25-28-31-34-37-40-43-46-49-52-55-58-61-67(70)73-64-66(75-69(72)63-60-57-54-51-48-45-42-39-36-33-30-27-24-21-18-15-12-9-6-3)65-74-68(71)62-59-56-53-50-47-44-41-38-35-32-29-26-23-20-17-14-11-8-5-2/h7,9-10,12,16-21,25-30,34-39,43-48,52,55,66H,4-6,8,11,13-15,22-24,31-33,40-42,49-51,53-54,56-65H2,1-3H3/b10-7-,12-9-,19-16-,20-17-,21-18-,28-25-,29-26-,30-27-,37-34-,38-35-,39-36-,46-43-,47-44-,48-45-,55-52-/t66-/m1/s1. The monoisotopic (exact) mass is 1030 g/mol. The van der Waals surface area contributed by atoms with Crippen LogP contribution in [-0.2, 0) is 28.6 Å². The summed E-state index contributed by atoms with van der Waals surface area (Å²) >= 11 is 0. The van der Waals surface area contributed by atoms with E-state index < -0.39 is 6.10 Å². The first-order valence-electron chi connectivity index (χ1n) is 29.3. The number of esters is 3. The summed E-state index contributed by atoms with van der Waals surface area (Å²) in [6, 6.07) is 0. The van der Waals surface area contributed by atoms with Crippen molar-refractivity contribution in [3.05, 3.63) is 182 Å². The zero-order valence-corrected chi connectivity index (χ0v) is 47.5. The van der Waals surface area contributed by atoms with Gasteiger partial charge in [-0.15, -0.1) is 0 Å². The minimum absolute atomic E-state index is 0.142. The van der Waals surface area contributed by atoms with Crippen molar-refractivity contribution < 1.29 is 28.6 Å². The first-order chi connectivity index (χ1) is 37.0. The predicted octanol–water partition coefficient (Wildman–Crippen LogP) is 20.1. The molecule has 0 aromatic rings. The summed E-state index contributed by atoms with van der Waals surface area (Å²) in [5.74, 6) is -1.10. The lowest BCUT2D eigenvalue weighted by Crippen LogP contribution is -2.30. The molecule has 0 unspecified atom stereocenters. The molecule has 0 saturated heterocycles. The average molecular weight is 1030 g/mol. The van der Waals surface area contributed by atoms with Gasteiger partial charge in [0.25, 0.3) is 0 Å². The topological polar surface area (TPSA) is 78.9 Å². The number of ether oxygens (including phenoxy) is 3. The minimum atomic E-state index is -0.852. The highest BCUT2D eigenvalue weighted by molar-refractivity contribution is 5.71. The smallest absolute Gasteiger partial charge is 0.306 e. The summed E-state index contributed by atoms with van der Waals surface area (Å²) < 4.78 is 16.8. The van der Waals surface area contributed by atoms with Crippen LogP contribution in [-0.4, -0.2) is 37.2 Å². The Hall–Kier alpha value is -5.49. The van der Waals surface area contributed by atoms with E-state index in [9.17, 15) is 14.4 Å². The Bertz CT molecular complexity index is 1800. The summed E-state index contributed by atoms with van der Waals surface area (Å²) in [5, 5.41) is 0. The fourth-order valence-corrected chi connectivity index (χ4v) is 7.06. The number of rotatable bonds is 50. The first kappa shape index (κ1) is 69.5. The van der Waals surface area contributed by atoms with Gasteiger partial charge in [0, 0.05) is 19.3 Å². The third-order valence-corrected chi connectivity index (χ3v) is 11.4. The van der Waals surface area contributed by atoms with Crippen molar-refractivity contribution >= 4 is 17.9 Å². The lowest BCUT2D eigenvalue weighted by Gasteiger charge is -2.18. The van der Waals surface area contributed by atoms with E-state index in [-0.39, 0.29) is 44.0 Å². The molecule has 0 N–H and O–H groups in total. The highest BCUT2D eigenvalue weighted by Crippen LogP contribution is 2.11. The number of hydrogen-bond donors (Lipinski definition) is 0. The van der Waals surface area contributed by atoms with Crippen molar-refractivity contribution in [1.29, 1.82) is 0 Å². The van der Waals surface area contributed by atoms with E-state index in [1.807, 2.05) is 12.2 Å². The van der Waals surface area contributed by atoms with E-state index >= 15 is 0 Å². The molecule has 6 heteroatoms.